The van der Waals surface area contributed by atoms with E-state index in [1.54, 1.807) is 28.4 Å². The van der Waals surface area contributed by atoms with Crippen LogP contribution in [0.1, 0.15) is 0 Å². The van der Waals surface area contributed by atoms with E-state index >= 15 is 0 Å². The third-order valence-corrected chi connectivity index (χ3v) is 0.983. The van der Waals surface area contributed by atoms with E-state index in [9.17, 15) is 0 Å². The average Bonchev–Trinajstić information content (AvgIpc) is 2.22. The van der Waals surface area contributed by atoms with E-state index in [0.29, 0.717) is 26.4 Å². The molecule has 17 heavy (non-hydrogen) atoms. The number of ether oxygens (including phenoxy) is 4. The van der Waals surface area contributed by atoms with Gasteiger partial charge in [0.2, 0.25) is 0 Å². The van der Waals surface area contributed by atoms with Crippen molar-refractivity contribution >= 4 is 23.9 Å². The maximum absolute atomic E-state index is 5.06. The fraction of sp³-hybridized carbons (Fsp3) is 1.00. The van der Waals surface area contributed by atoms with E-state index in [4.69, 9.17) is 23.9 Å². The molecule has 0 fully saturated rings. The molecule has 0 spiro atoms. The summed E-state index contributed by atoms with van der Waals surface area (Å²) < 4.78 is 18.6. The molecule has 4 nitrogen and oxygen atoms in total. The van der Waals surface area contributed by atoms with Crippen LogP contribution in [0, 0.1) is 25.6 Å². The van der Waals surface area contributed by atoms with Crippen molar-refractivity contribution in [2.24, 2.45) is 0 Å². The minimum atomic E-state index is -3.45. The van der Waals surface area contributed by atoms with Crippen molar-refractivity contribution in [3.63, 3.8) is 0 Å². The molecule has 0 N–H and O–H groups in total. The summed E-state index contributed by atoms with van der Waals surface area (Å²) in [6.07, 6.45) is 0. The van der Waals surface area contributed by atoms with Gasteiger partial charge >= 0.3 is 49.5 Å². The number of hydrogen-bond donors (Lipinski definition) is 0. The molecule has 0 unspecified atom stereocenters. The Morgan fingerprint density at radius 2 is 0.706 bits per heavy atom. The van der Waals surface area contributed by atoms with Gasteiger partial charge in [0, 0.05) is 28.4 Å². The van der Waals surface area contributed by atoms with Crippen LogP contribution in [0.5, 0.6) is 0 Å². The second kappa shape index (κ2) is 20.6. The summed E-state index contributed by atoms with van der Waals surface area (Å²) in [4.78, 5) is 0. The van der Waals surface area contributed by atoms with Crippen LogP contribution >= 0.6 is 23.9 Å². The Labute approximate surface area is 121 Å². The monoisotopic (exact) mass is 552 g/mol. The third kappa shape index (κ3) is 70.5. The second-order valence-corrected chi connectivity index (χ2v) is 37.5. The minimum absolute atomic E-state index is 0.691. The average molecular weight is 554 g/mol. The zero-order valence-corrected chi connectivity index (χ0v) is 17.6. The molecule has 0 aromatic rings. The van der Waals surface area contributed by atoms with Crippen molar-refractivity contribution in [3.8, 4) is 0 Å². The van der Waals surface area contributed by atoms with Crippen LogP contribution in [0.2, 0.25) is 0 Å². The van der Waals surface area contributed by atoms with Crippen molar-refractivity contribution in [2.45, 2.75) is 0 Å². The molecule has 0 saturated heterocycles. The molecule has 0 radical (unpaired) electrons. The summed E-state index contributed by atoms with van der Waals surface area (Å²) >= 11 is -3.45. The van der Waals surface area contributed by atoms with Crippen molar-refractivity contribution in [2.75, 3.05) is 54.9 Å². The van der Waals surface area contributed by atoms with Crippen molar-refractivity contribution in [1.29, 1.82) is 0 Å². The second-order valence-electron chi connectivity index (χ2n) is 2.40. The van der Waals surface area contributed by atoms with Gasteiger partial charge in [0.1, 0.15) is 0 Å². The Kier molecular flexibility index (Phi) is 29.6. The molecule has 0 rings (SSSR count). The molecule has 0 aliphatic rings. The van der Waals surface area contributed by atoms with Gasteiger partial charge in [-0.05, 0) is 0 Å². The molecule has 0 aliphatic carbocycles. The zero-order valence-electron chi connectivity index (χ0n) is 10.5. The Morgan fingerprint density at radius 1 is 0.588 bits per heavy atom. The normalized spacial score (nSPS) is 9.88. The maximum atomic E-state index is 5.06. The van der Waals surface area contributed by atoms with E-state index in [-0.39, 0.29) is 0 Å². The van der Waals surface area contributed by atoms with E-state index < -0.39 is 25.6 Å². The molecule has 0 aliphatic heterocycles. The first-order valence-electron chi connectivity index (χ1n) is 4.54. The molecule has 0 heterocycles. The number of methoxy groups -OCH3 is 4. The molecule has 9 heteroatoms. The van der Waals surface area contributed by atoms with E-state index in [2.05, 4.69) is 18.9 Å². The van der Waals surface area contributed by atoms with Gasteiger partial charge in [-0.2, -0.15) is 0 Å². The quantitative estimate of drug-likeness (QED) is 0.473. The standard InChI is InChI=1S/2C4H10O2.4ClH.Th/c2*1-5-3-4-6-2;;;;;/h2*3-4H2,1-2H3;4*1H;/q;;;;;;+4/p-4. The Balaban J connectivity index is -0.000000174. The molecule has 0 amide bonds. The first kappa shape index (κ1) is 24.3. The third-order valence-electron chi connectivity index (χ3n) is 0.983. The van der Waals surface area contributed by atoms with Crippen LogP contribution in [0.4, 0.5) is 0 Å². The number of hydrogen-bond acceptors (Lipinski definition) is 4. The van der Waals surface area contributed by atoms with Crippen LogP contribution in [0.15, 0.2) is 0 Å². The molecular formula is C8H20Cl4O4Th. The molecule has 0 saturated carbocycles. The van der Waals surface area contributed by atoms with Crippen LogP contribution < -0.4 is 0 Å². The molecular weight excluding hydrogens is 534 g/mol. The van der Waals surface area contributed by atoms with Gasteiger partial charge < -0.3 is 18.9 Å². The van der Waals surface area contributed by atoms with E-state index in [0.717, 1.165) is 0 Å². The topological polar surface area (TPSA) is 36.9 Å². The number of rotatable bonds is 6. The first-order valence-corrected chi connectivity index (χ1v) is 24.7. The van der Waals surface area contributed by atoms with Crippen LogP contribution in [-0.2, 0) is 18.9 Å². The molecule has 0 bridgehead atoms. The van der Waals surface area contributed by atoms with Gasteiger partial charge in [-0.15, -0.1) is 0 Å². The van der Waals surface area contributed by atoms with Crippen molar-refractivity contribution < 1.29 is 44.6 Å². The summed E-state index contributed by atoms with van der Waals surface area (Å²) in [6, 6.07) is 0. The SMILES string of the molecule is COCCOC.COCCOC.[Cl][Th]([Cl])([Cl])[Cl]. The summed E-state index contributed by atoms with van der Waals surface area (Å²) in [5.41, 5.74) is 0. The summed E-state index contributed by atoms with van der Waals surface area (Å²) in [5, 5.41) is 0. The van der Waals surface area contributed by atoms with Crippen molar-refractivity contribution in [3.05, 3.63) is 0 Å². The van der Waals surface area contributed by atoms with Crippen molar-refractivity contribution in [1.82, 2.24) is 0 Å². The van der Waals surface area contributed by atoms with Crippen LogP contribution in [-0.4, -0.2) is 54.9 Å². The first-order chi connectivity index (χ1) is 7.83. The number of halogens is 4. The van der Waals surface area contributed by atoms with Gasteiger partial charge in [-0.3, -0.25) is 0 Å². The van der Waals surface area contributed by atoms with Gasteiger partial charge in [0.05, 0.1) is 26.4 Å². The predicted molar refractivity (Wildman–Crippen MR) is 70.9 cm³/mol. The van der Waals surface area contributed by atoms with Gasteiger partial charge in [-0.25, -0.2) is 0 Å². The molecule has 0 aromatic heterocycles. The van der Waals surface area contributed by atoms with Gasteiger partial charge in [-0.1, -0.05) is 0 Å². The van der Waals surface area contributed by atoms with Crippen LogP contribution in [0.3, 0.4) is 0 Å². The zero-order chi connectivity index (χ0) is 14.2. The Bertz CT molecular complexity index is 105. The predicted octanol–water partition coefficient (Wildman–Crippen LogP) is 3.32. The summed E-state index contributed by atoms with van der Waals surface area (Å²) in [5.74, 6) is 20.2. The molecule has 0 atom stereocenters. The van der Waals surface area contributed by atoms with Gasteiger partial charge in [0.15, 0.2) is 0 Å². The fourth-order valence-electron chi connectivity index (χ4n) is 0.333. The summed E-state index contributed by atoms with van der Waals surface area (Å²) in [6.45, 7) is 2.76. The fourth-order valence-corrected chi connectivity index (χ4v) is 0.333. The van der Waals surface area contributed by atoms with E-state index in [1.807, 2.05) is 0 Å². The Morgan fingerprint density at radius 3 is 0.765 bits per heavy atom. The Hall–Kier alpha value is 2.32. The van der Waals surface area contributed by atoms with Gasteiger partial charge in [0.25, 0.3) is 0 Å². The molecule has 0 aromatic carbocycles. The summed E-state index contributed by atoms with van der Waals surface area (Å²) in [7, 11) is 6.61. The van der Waals surface area contributed by atoms with E-state index in [1.165, 1.54) is 0 Å². The van der Waals surface area contributed by atoms with Crippen LogP contribution in [0.25, 0.3) is 0 Å². The molecule has 108 valence electrons.